The molecule has 1 fully saturated rings. The number of carbonyl (C=O) groups excluding carboxylic acids is 1. The minimum absolute atomic E-state index is 0.205. The van der Waals surface area contributed by atoms with Gasteiger partial charge in [0.2, 0.25) is 0 Å². The second-order valence-electron chi connectivity index (χ2n) is 6.23. The molecule has 5 nitrogen and oxygen atoms in total. The molecule has 0 bridgehead atoms. The number of urea groups is 1. The monoisotopic (exact) mass is 430 g/mol. The maximum Gasteiger partial charge on any atom is 0.329 e. The number of halogens is 2. The molecule has 1 atom stereocenters. The molecule has 0 radical (unpaired) electrons. The van der Waals surface area contributed by atoms with E-state index in [-0.39, 0.29) is 6.03 Å². The summed E-state index contributed by atoms with van der Waals surface area (Å²) < 4.78 is 0.879. The molecule has 3 rings (SSSR count). The van der Waals surface area contributed by atoms with Crippen LogP contribution >= 0.6 is 38.9 Å². The molecule has 0 aliphatic carbocycles. The summed E-state index contributed by atoms with van der Waals surface area (Å²) >= 11 is 11.2. The number of aromatic nitrogens is 1. The van der Waals surface area contributed by atoms with Gasteiger partial charge in [0.25, 0.3) is 0 Å². The maximum absolute atomic E-state index is 12.8. The lowest BCUT2D eigenvalue weighted by Crippen LogP contribution is -2.46. The van der Waals surface area contributed by atoms with Crippen LogP contribution in [0, 0.1) is 5.92 Å². The number of nitrogens with one attached hydrogen (secondary N) is 1. The number of hydrogen-bond acceptors (Lipinski definition) is 4. The van der Waals surface area contributed by atoms with Gasteiger partial charge in [-0.3, -0.25) is 10.2 Å². The summed E-state index contributed by atoms with van der Waals surface area (Å²) in [4.78, 5) is 20.9. The number of amides is 2. The fraction of sp³-hybridized carbons (Fsp3) is 0.500. The van der Waals surface area contributed by atoms with Crippen LogP contribution < -0.4 is 5.32 Å². The van der Waals surface area contributed by atoms with Crippen molar-refractivity contribution in [2.75, 3.05) is 18.4 Å². The molecule has 130 valence electrons. The van der Waals surface area contributed by atoms with Crippen molar-refractivity contribution in [1.29, 1.82) is 0 Å². The van der Waals surface area contributed by atoms with Crippen LogP contribution in [0.1, 0.15) is 26.7 Å². The number of likely N-dealkylation sites (tertiary alicyclic amines) is 1. The second kappa shape index (κ2) is 7.45. The van der Waals surface area contributed by atoms with Crippen LogP contribution in [0.15, 0.2) is 33.0 Å². The largest absolute Gasteiger partial charge is 0.353 e. The van der Waals surface area contributed by atoms with Crippen LogP contribution in [-0.4, -0.2) is 39.9 Å². The van der Waals surface area contributed by atoms with Crippen molar-refractivity contribution in [2.24, 2.45) is 5.92 Å². The molecule has 0 spiro atoms. The highest BCUT2D eigenvalue weighted by atomic mass is 79.9. The molecule has 2 aliphatic heterocycles. The molecular weight excluding hydrogens is 412 g/mol. The van der Waals surface area contributed by atoms with Gasteiger partial charge in [-0.2, -0.15) is 0 Å². The van der Waals surface area contributed by atoms with Crippen molar-refractivity contribution in [3.8, 4) is 0 Å². The molecule has 1 aromatic rings. The van der Waals surface area contributed by atoms with E-state index in [0.29, 0.717) is 28.7 Å². The summed E-state index contributed by atoms with van der Waals surface area (Å²) in [5.41, 5.74) is 0. The first-order valence-corrected chi connectivity index (χ1v) is 9.99. The van der Waals surface area contributed by atoms with Gasteiger partial charge >= 0.3 is 6.03 Å². The zero-order valence-corrected chi connectivity index (χ0v) is 16.8. The van der Waals surface area contributed by atoms with Crippen molar-refractivity contribution >= 4 is 50.0 Å². The first kappa shape index (κ1) is 17.8. The van der Waals surface area contributed by atoms with Crippen molar-refractivity contribution in [2.45, 2.75) is 32.7 Å². The van der Waals surface area contributed by atoms with E-state index in [4.69, 9.17) is 11.6 Å². The Morgan fingerprint density at radius 2 is 2.33 bits per heavy atom. The average Bonchev–Trinajstić information content (AvgIpc) is 3.16. The van der Waals surface area contributed by atoms with Crippen molar-refractivity contribution in [3.05, 3.63) is 33.0 Å². The van der Waals surface area contributed by atoms with E-state index in [9.17, 15) is 4.79 Å². The lowest BCUT2D eigenvalue weighted by atomic mass is 10.0. The number of allylic oxidation sites excluding steroid dienone is 2. The Balaban J connectivity index is 1.84. The van der Waals surface area contributed by atoms with Gasteiger partial charge in [-0.15, -0.1) is 0 Å². The van der Waals surface area contributed by atoms with Crippen molar-refractivity contribution < 1.29 is 4.79 Å². The molecule has 24 heavy (non-hydrogen) atoms. The van der Waals surface area contributed by atoms with Gasteiger partial charge in [-0.1, -0.05) is 42.9 Å². The summed E-state index contributed by atoms with van der Waals surface area (Å²) in [6.07, 6.45) is 7.72. The molecule has 1 N–H and O–H groups in total. The molecule has 3 heterocycles. The first-order valence-electron chi connectivity index (χ1n) is 8.00. The van der Waals surface area contributed by atoms with Crippen LogP contribution in [-0.2, 0) is 0 Å². The standard InChI is InChI=1S/C16H20BrClN4OS/c1-10(2)12-6-4-7-21(12)14-11(18)5-3-8-22(14)16(23)20-15-19-9-13(17)24-15/h3,5,9-10,12H,4,6-8H2,1-2H3,(H,19,20,23). The van der Waals surface area contributed by atoms with Gasteiger partial charge in [-0.25, -0.2) is 9.78 Å². The van der Waals surface area contributed by atoms with E-state index in [1.54, 1.807) is 11.1 Å². The quantitative estimate of drug-likeness (QED) is 0.745. The summed E-state index contributed by atoms with van der Waals surface area (Å²) in [6, 6.07) is 0.202. The second-order valence-corrected chi connectivity index (χ2v) is 9.05. The number of nitrogens with zero attached hydrogens (tertiary/aromatic N) is 3. The third-order valence-corrected chi connectivity index (χ3v) is 5.99. The van der Waals surface area contributed by atoms with Crippen molar-refractivity contribution in [1.82, 2.24) is 14.8 Å². The van der Waals surface area contributed by atoms with Gasteiger partial charge < -0.3 is 4.90 Å². The zero-order valence-electron chi connectivity index (χ0n) is 13.6. The lowest BCUT2D eigenvalue weighted by molar-refractivity contribution is 0.178. The van der Waals surface area contributed by atoms with E-state index in [0.717, 1.165) is 29.0 Å². The van der Waals surface area contributed by atoms with Crippen LogP contribution in [0.25, 0.3) is 0 Å². The third-order valence-electron chi connectivity index (χ3n) is 4.30. The summed E-state index contributed by atoms with van der Waals surface area (Å²) in [6.45, 7) is 5.86. The van der Waals surface area contributed by atoms with Gasteiger partial charge in [0.05, 0.1) is 15.0 Å². The van der Waals surface area contributed by atoms with E-state index in [1.165, 1.54) is 11.3 Å². The molecule has 1 saturated heterocycles. The van der Waals surface area contributed by atoms with E-state index >= 15 is 0 Å². The Bertz CT molecular complexity index is 687. The van der Waals surface area contributed by atoms with E-state index < -0.39 is 0 Å². The van der Waals surface area contributed by atoms with Crippen molar-refractivity contribution in [3.63, 3.8) is 0 Å². The molecule has 1 unspecified atom stereocenters. The SMILES string of the molecule is CC(C)C1CCCN1C1=C(Cl)C=CCN1C(=O)Nc1ncc(Br)s1. The normalized spacial score (nSPS) is 21.1. The highest BCUT2D eigenvalue weighted by molar-refractivity contribution is 9.11. The predicted octanol–water partition coefficient (Wildman–Crippen LogP) is 4.84. The maximum atomic E-state index is 12.8. The smallest absolute Gasteiger partial charge is 0.329 e. The van der Waals surface area contributed by atoms with E-state index in [1.807, 2.05) is 12.2 Å². The Labute approximate surface area is 159 Å². The van der Waals surface area contributed by atoms with E-state index in [2.05, 4.69) is 45.0 Å². The summed E-state index contributed by atoms with van der Waals surface area (Å²) in [5, 5.41) is 4.04. The Hall–Kier alpha value is -1.05. The van der Waals surface area contributed by atoms with Gasteiger partial charge in [0.1, 0.15) is 5.82 Å². The Kier molecular flexibility index (Phi) is 5.52. The van der Waals surface area contributed by atoms with Gasteiger partial charge in [0, 0.05) is 19.1 Å². The fourth-order valence-corrected chi connectivity index (χ4v) is 4.64. The topological polar surface area (TPSA) is 48.5 Å². The zero-order chi connectivity index (χ0) is 17.3. The molecule has 2 aliphatic rings. The van der Waals surface area contributed by atoms with Crippen LogP contribution in [0.3, 0.4) is 0 Å². The number of hydrogen-bond donors (Lipinski definition) is 1. The fourth-order valence-electron chi connectivity index (χ4n) is 3.24. The molecule has 2 amide bonds. The number of rotatable bonds is 3. The van der Waals surface area contributed by atoms with Gasteiger partial charge in [-0.05, 0) is 40.8 Å². The lowest BCUT2D eigenvalue weighted by Gasteiger charge is -2.38. The van der Waals surface area contributed by atoms with Crippen LogP contribution in [0.4, 0.5) is 9.93 Å². The van der Waals surface area contributed by atoms with Crippen LogP contribution in [0.2, 0.25) is 0 Å². The Morgan fingerprint density at radius 3 is 3.00 bits per heavy atom. The highest BCUT2D eigenvalue weighted by Gasteiger charge is 2.35. The average molecular weight is 432 g/mol. The molecular formula is C16H20BrClN4OS. The molecule has 0 saturated carbocycles. The predicted molar refractivity (Wildman–Crippen MR) is 102 cm³/mol. The Morgan fingerprint density at radius 1 is 1.54 bits per heavy atom. The first-order chi connectivity index (χ1) is 11.5. The minimum atomic E-state index is -0.205. The third kappa shape index (κ3) is 3.63. The molecule has 1 aromatic heterocycles. The summed E-state index contributed by atoms with van der Waals surface area (Å²) in [7, 11) is 0. The summed E-state index contributed by atoms with van der Waals surface area (Å²) in [5.74, 6) is 1.32. The van der Waals surface area contributed by atoms with Gasteiger partial charge in [0.15, 0.2) is 5.13 Å². The highest BCUT2D eigenvalue weighted by Crippen LogP contribution is 2.34. The number of anilines is 1. The minimum Gasteiger partial charge on any atom is -0.353 e. The number of thiazole rings is 1. The number of carbonyl (C=O) groups is 1. The van der Waals surface area contributed by atoms with Crippen LogP contribution in [0.5, 0.6) is 0 Å². The molecule has 8 heteroatoms. The molecule has 0 aromatic carbocycles.